The molecule has 0 aliphatic carbocycles. The molecule has 0 saturated carbocycles. The first-order valence-electron chi connectivity index (χ1n) is 7.02. The van der Waals surface area contributed by atoms with E-state index in [0.717, 1.165) is 12.8 Å². The van der Waals surface area contributed by atoms with E-state index in [1.807, 2.05) is 0 Å². The second-order valence-electron chi connectivity index (χ2n) is 5.18. The molecule has 1 amide bonds. The van der Waals surface area contributed by atoms with Gasteiger partial charge in [0.25, 0.3) is 5.91 Å². The third kappa shape index (κ3) is 3.41. The van der Waals surface area contributed by atoms with Crippen LogP contribution in [-0.4, -0.2) is 51.2 Å². The van der Waals surface area contributed by atoms with Crippen LogP contribution >= 0.6 is 0 Å². The van der Waals surface area contributed by atoms with Gasteiger partial charge in [0.2, 0.25) is 0 Å². The van der Waals surface area contributed by atoms with Gasteiger partial charge in [-0.05, 0) is 26.7 Å². The number of amides is 1. The first-order valence-corrected chi connectivity index (χ1v) is 7.02. The molecule has 120 valence electrons. The Morgan fingerprint density at radius 2 is 1.95 bits per heavy atom. The van der Waals surface area contributed by atoms with Gasteiger partial charge >= 0.3 is 11.7 Å². The monoisotopic (exact) mass is 310 g/mol. The number of hydrogen-bond donors (Lipinski definition) is 0. The third-order valence-corrected chi connectivity index (χ3v) is 3.62. The molecule has 2 heterocycles. The van der Waals surface area contributed by atoms with E-state index in [-0.39, 0.29) is 36.1 Å². The standard InChI is InChI=1S/C13H18N4O5/c1-9-13(17(20)21)10(2)16(14-9)7-12(19)22-8-11(18)15-5-3-4-6-15/h3-8H2,1-2H3. The molecule has 1 fully saturated rings. The zero-order chi connectivity index (χ0) is 16.3. The summed E-state index contributed by atoms with van der Waals surface area (Å²) in [6.45, 7) is 3.85. The fourth-order valence-corrected chi connectivity index (χ4v) is 2.47. The van der Waals surface area contributed by atoms with Gasteiger partial charge < -0.3 is 9.64 Å². The SMILES string of the molecule is Cc1nn(CC(=O)OCC(=O)N2CCCC2)c(C)c1[N+](=O)[O-]. The number of aryl methyl sites for hydroxylation is 1. The fraction of sp³-hybridized carbons (Fsp3) is 0.615. The summed E-state index contributed by atoms with van der Waals surface area (Å²) >= 11 is 0. The molecule has 1 aromatic rings. The summed E-state index contributed by atoms with van der Waals surface area (Å²) < 4.78 is 6.14. The number of carbonyl (C=O) groups excluding carboxylic acids is 2. The van der Waals surface area contributed by atoms with Crippen LogP contribution in [0.5, 0.6) is 0 Å². The van der Waals surface area contributed by atoms with Crippen molar-refractivity contribution in [1.82, 2.24) is 14.7 Å². The summed E-state index contributed by atoms with van der Waals surface area (Å²) in [5, 5.41) is 14.8. The maximum Gasteiger partial charge on any atom is 0.328 e. The van der Waals surface area contributed by atoms with Crippen molar-refractivity contribution in [3.8, 4) is 0 Å². The number of rotatable bonds is 5. The quantitative estimate of drug-likeness (QED) is 0.447. The van der Waals surface area contributed by atoms with Crippen LogP contribution in [-0.2, 0) is 20.9 Å². The van der Waals surface area contributed by atoms with E-state index < -0.39 is 10.9 Å². The maximum atomic E-state index is 11.8. The largest absolute Gasteiger partial charge is 0.454 e. The second-order valence-corrected chi connectivity index (χ2v) is 5.18. The van der Waals surface area contributed by atoms with Gasteiger partial charge in [0.15, 0.2) is 6.61 Å². The molecule has 0 N–H and O–H groups in total. The predicted molar refractivity (Wildman–Crippen MR) is 75.1 cm³/mol. The van der Waals surface area contributed by atoms with E-state index in [0.29, 0.717) is 13.1 Å². The Balaban J connectivity index is 1.91. The summed E-state index contributed by atoms with van der Waals surface area (Å²) in [4.78, 5) is 35.5. The molecular weight excluding hydrogens is 292 g/mol. The minimum Gasteiger partial charge on any atom is -0.454 e. The molecule has 2 rings (SSSR count). The highest BCUT2D eigenvalue weighted by Crippen LogP contribution is 2.21. The van der Waals surface area contributed by atoms with E-state index in [9.17, 15) is 19.7 Å². The summed E-state index contributed by atoms with van der Waals surface area (Å²) in [5.74, 6) is -0.863. The number of nitrogens with zero attached hydrogens (tertiary/aromatic N) is 4. The van der Waals surface area contributed by atoms with Gasteiger partial charge in [0, 0.05) is 13.1 Å². The Labute approximate surface area is 127 Å². The van der Waals surface area contributed by atoms with Gasteiger partial charge in [-0.2, -0.15) is 5.10 Å². The third-order valence-electron chi connectivity index (χ3n) is 3.62. The molecule has 22 heavy (non-hydrogen) atoms. The lowest BCUT2D eigenvalue weighted by molar-refractivity contribution is -0.386. The number of ether oxygens (including phenoxy) is 1. The van der Waals surface area contributed by atoms with Crippen LogP contribution in [0.2, 0.25) is 0 Å². The van der Waals surface area contributed by atoms with E-state index in [1.165, 1.54) is 18.5 Å². The van der Waals surface area contributed by atoms with Crippen LogP contribution < -0.4 is 0 Å². The maximum absolute atomic E-state index is 11.8. The normalized spacial score (nSPS) is 14.2. The molecule has 0 unspecified atom stereocenters. The van der Waals surface area contributed by atoms with E-state index in [2.05, 4.69) is 5.10 Å². The summed E-state index contributed by atoms with van der Waals surface area (Å²) in [5.41, 5.74) is 0.412. The number of esters is 1. The van der Waals surface area contributed by atoms with Crippen LogP contribution in [0.15, 0.2) is 0 Å². The molecular formula is C13H18N4O5. The number of hydrogen-bond acceptors (Lipinski definition) is 6. The minimum absolute atomic E-state index is 0.110. The molecule has 1 aromatic heterocycles. The lowest BCUT2D eigenvalue weighted by Crippen LogP contribution is -2.32. The van der Waals surface area contributed by atoms with Gasteiger partial charge in [-0.1, -0.05) is 0 Å². The van der Waals surface area contributed by atoms with Gasteiger partial charge in [0.05, 0.1) is 4.92 Å². The Bertz CT molecular complexity index is 604. The Morgan fingerprint density at radius 3 is 2.50 bits per heavy atom. The number of aromatic nitrogens is 2. The van der Waals surface area contributed by atoms with Crippen molar-refractivity contribution in [2.75, 3.05) is 19.7 Å². The smallest absolute Gasteiger partial charge is 0.328 e. The van der Waals surface area contributed by atoms with Crippen LogP contribution in [0.4, 0.5) is 5.69 Å². The molecule has 1 saturated heterocycles. The number of carbonyl (C=O) groups is 2. The van der Waals surface area contributed by atoms with Crippen molar-refractivity contribution < 1.29 is 19.2 Å². The van der Waals surface area contributed by atoms with Gasteiger partial charge in [-0.25, -0.2) is 0 Å². The van der Waals surface area contributed by atoms with E-state index in [4.69, 9.17) is 4.74 Å². The van der Waals surface area contributed by atoms with Gasteiger partial charge in [-0.3, -0.25) is 24.4 Å². The van der Waals surface area contributed by atoms with Crippen LogP contribution in [0.25, 0.3) is 0 Å². The number of nitro groups is 1. The lowest BCUT2D eigenvalue weighted by Gasteiger charge is -2.14. The summed E-state index contributed by atoms with van der Waals surface area (Å²) in [6, 6.07) is 0. The van der Waals surface area contributed by atoms with Crippen molar-refractivity contribution in [3.63, 3.8) is 0 Å². The lowest BCUT2D eigenvalue weighted by atomic mass is 10.3. The minimum atomic E-state index is -0.645. The molecule has 0 spiro atoms. The Morgan fingerprint density at radius 1 is 1.32 bits per heavy atom. The van der Waals surface area contributed by atoms with Crippen molar-refractivity contribution in [2.45, 2.75) is 33.2 Å². The van der Waals surface area contributed by atoms with Crippen molar-refractivity contribution in [2.24, 2.45) is 0 Å². The summed E-state index contributed by atoms with van der Waals surface area (Å²) in [7, 11) is 0. The van der Waals surface area contributed by atoms with Crippen molar-refractivity contribution in [1.29, 1.82) is 0 Å². The Kier molecular flexibility index (Phi) is 4.74. The number of likely N-dealkylation sites (tertiary alicyclic amines) is 1. The Hall–Kier alpha value is -2.45. The average molecular weight is 310 g/mol. The fourth-order valence-electron chi connectivity index (χ4n) is 2.47. The predicted octanol–water partition coefficient (Wildman–Crippen LogP) is 0.574. The molecule has 0 aromatic carbocycles. The van der Waals surface area contributed by atoms with Gasteiger partial charge in [-0.15, -0.1) is 0 Å². The molecule has 0 bridgehead atoms. The highest BCUT2D eigenvalue weighted by molar-refractivity contribution is 5.80. The molecule has 9 nitrogen and oxygen atoms in total. The van der Waals surface area contributed by atoms with Crippen molar-refractivity contribution >= 4 is 17.6 Å². The molecule has 9 heteroatoms. The van der Waals surface area contributed by atoms with E-state index in [1.54, 1.807) is 4.90 Å². The molecule has 1 aliphatic heterocycles. The van der Waals surface area contributed by atoms with Crippen molar-refractivity contribution in [3.05, 3.63) is 21.5 Å². The molecule has 1 aliphatic rings. The highest BCUT2D eigenvalue weighted by Gasteiger charge is 2.24. The topological polar surface area (TPSA) is 108 Å². The first kappa shape index (κ1) is 15.9. The first-order chi connectivity index (χ1) is 10.4. The highest BCUT2D eigenvalue weighted by atomic mass is 16.6. The van der Waals surface area contributed by atoms with Crippen LogP contribution in [0, 0.1) is 24.0 Å². The van der Waals surface area contributed by atoms with Gasteiger partial charge in [0.1, 0.15) is 17.9 Å². The van der Waals surface area contributed by atoms with E-state index >= 15 is 0 Å². The zero-order valence-corrected chi connectivity index (χ0v) is 12.6. The zero-order valence-electron chi connectivity index (χ0n) is 12.6. The second kappa shape index (κ2) is 6.54. The average Bonchev–Trinajstić information content (AvgIpc) is 3.05. The molecule has 0 atom stereocenters. The van der Waals surface area contributed by atoms with Crippen LogP contribution in [0.1, 0.15) is 24.2 Å². The van der Waals surface area contributed by atoms with Crippen LogP contribution in [0.3, 0.4) is 0 Å². The summed E-state index contributed by atoms with van der Waals surface area (Å²) in [6.07, 6.45) is 1.93. The molecule has 0 radical (unpaired) electrons.